The van der Waals surface area contributed by atoms with Crippen LogP contribution in [-0.4, -0.2) is 79.5 Å². The van der Waals surface area contributed by atoms with Gasteiger partial charge in [-0.25, -0.2) is 0 Å². The Labute approximate surface area is 212 Å². The first-order chi connectivity index (χ1) is 17.0. The van der Waals surface area contributed by atoms with Gasteiger partial charge in [-0.3, -0.25) is 15.0 Å². The lowest BCUT2D eigenvalue weighted by Gasteiger charge is -2.40. The number of piperidine rings is 1. The number of hydrogen-bond donors (Lipinski definition) is 1. The zero-order valence-electron chi connectivity index (χ0n) is 21.9. The van der Waals surface area contributed by atoms with Crippen LogP contribution in [0.2, 0.25) is 0 Å². The second-order valence-electron chi connectivity index (χ2n) is 11.0. The smallest absolute Gasteiger partial charge is 0.239 e. The second-order valence-corrected chi connectivity index (χ2v) is 11.0. The summed E-state index contributed by atoms with van der Waals surface area (Å²) < 4.78 is 0. The lowest BCUT2D eigenvalue weighted by molar-refractivity contribution is -0.136. The third kappa shape index (κ3) is 7.39. The molecule has 0 unspecified atom stereocenters. The minimum Gasteiger partial charge on any atom is -0.339 e. The van der Waals surface area contributed by atoms with Gasteiger partial charge in [-0.05, 0) is 62.4 Å². The highest BCUT2D eigenvalue weighted by Crippen LogP contribution is 2.25. The minimum atomic E-state index is -0.194. The Kier molecular flexibility index (Phi) is 9.36. The van der Waals surface area contributed by atoms with E-state index >= 15 is 0 Å². The van der Waals surface area contributed by atoms with E-state index in [-0.39, 0.29) is 18.0 Å². The molecule has 0 radical (unpaired) electrons. The number of carbonyl (C=O) groups is 1. The molecule has 0 aliphatic carbocycles. The van der Waals surface area contributed by atoms with Gasteiger partial charge in [0.1, 0.15) is 0 Å². The number of amides is 1. The first kappa shape index (κ1) is 25.9. The molecule has 2 heterocycles. The predicted octanol–water partition coefficient (Wildman–Crippen LogP) is 4.27. The van der Waals surface area contributed by atoms with Crippen LogP contribution in [0, 0.1) is 11.8 Å². The van der Waals surface area contributed by atoms with Gasteiger partial charge in [0, 0.05) is 32.7 Å². The molecule has 190 valence electrons. The van der Waals surface area contributed by atoms with Gasteiger partial charge in [0.2, 0.25) is 5.91 Å². The summed E-state index contributed by atoms with van der Waals surface area (Å²) in [5.74, 6) is 1.50. The molecule has 1 N–H and O–H groups in total. The molecule has 1 amide bonds. The number of piperazine rings is 1. The maximum atomic E-state index is 13.8. The van der Waals surface area contributed by atoms with Crippen LogP contribution in [-0.2, 0) is 4.79 Å². The number of benzene rings is 2. The number of nitrogens with zero attached hydrogens (tertiary/aromatic N) is 3. The van der Waals surface area contributed by atoms with Crippen molar-refractivity contribution in [2.45, 2.75) is 45.2 Å². The zero-order chi connectivity index (χ0) is 24.6. The van der Waals surface area contributed by atoms with Crippen molar-refractivity contribution in [3.63, 3.8) is 0 Å². The predicted molar refractivity (Wildman–Crippen MR) is 144 cm³/mol. The first-order valence-electron chi connectivity index (χ1n) is 13.5. The van der Waals surface area contributed by atoms with Crippen molar-refractivity contribution in [1.29, 1.82) is 0 Å². The molecule has 2 fully saturated rings. The molecule has 35 heavy (non-hydrogen) atoms. The standard InChI is InChI=1S/C30H44N4O/c1-24(2)22-28(31-29(26-10-6-4-7-11-26)27-12-8-5-9-13-27)30(35)34-20-18-33(19-21-34)23-25-14-16-32(3)17-15-25/h4-13,24-25,28-29,31H,14-23H2,1-3H3/t28-/m1/s1. The van der Waals surface area contributed by atoms with E-state index in [1.807, 2.05) is 12.1 Å². The molecule has 2 aromatic rings. The summed E-state index contributed by atoms with van der Waals surface area (Å²) in [5, 5.41) is 3.79. The van der Waals surface area contributed by atoms with Crippen LogP contribution in [0.4, 0.5) is 0 Å². The summed E-state index contributed by atoms with van der Waals surface area (Å²) in [6, 6.07) is 20.8. The highest BCUT2D eigenvalue weighted by Gasteiger charge is 2.31. The van der Waals surface area contributed by atoms with E-state index in [0.717, 1.165) is 38.5 Å². The van der Waals surface area contributed by atoms with Gasteiger partial charge < -0.3 is 9.80 Å². The summed E-state index contributed by atoms with van der Waals surface area (Å²) in [7, 11) is 2.22. The van der Waals surface area contributed by atoms with E-state index in [4.69, 9.17) is 0 Å². The van der Waals surface area contributed by atoms with E-state index in [9.17, 15) is 4.79 Å². The van der Waals surface area contributed by atoms with Gasteiger partial charge in [0.15, 0.2) is 0 Å². The molecule has 2 aliphatic rings. The van der Waals surface area contributed by atoms with Crippen molar-refractivity contribution in [1.82, 2.24) is 20.0 Å². The van der Waals surface area contributed by atoms with E-state index in [1.165, 1.54) is 43.6 Å². The summed E-state index contributed by atoms with van der Waals surface area (Å²) in [5.41, 5.74) is 2.39. The van der Waals surface area contributed by atoms with Crippen LogP contribution < -0.4 is 5.32 Å². The second kappa shape index (κ2) is 12.7. The fraction of sp³-hybridized carbons (Fsp3) is 0.567. The third-order valence-electron chi connectivity index (χ3n) is 7.68. The topological polar surface area (TPSA) is 38.8 Å². The van der Waals surface area contributed by atoms with Gasteiger partial charge in [0.25, 0.3) is 0 Å². The Morgan fingerprint density at radius 2 is 1.40 bits per heavy atom. The molecule has 1 atom stereocenters. The van der Waals surface area contributed by atoms with E-state index < -0.39 is 0 Å². The van der Waals surface area contributed by atoms with Crippen LogP contribution in [0.5, 0.6) is 0 Å². The van der Waals surface area contributed by atoms with Crippen LogP contribution in [0.15, 0.2) is 60.7 Å². The molecule has 4 rings (SSSR count). The van der Waals surface area contributed by atoms with Crippen molar-refractivity contribution in [2.24, 2.45) is 11.8 Å². The minimum absolute atomic E-state index is 0.00387. The monoisotopic (exact) mass is 476 g/mol. The molecule has 2 aliphatic heterocycles. The Balaban J connectivity index is 1.41. The lowest BCUT2D eigenvalue weighted by Crippen LogP contribution is -2.55. The molecule has 5 heteroatoms. The van der Waals surface area contributed by atoms with Crippen molar-refractivity contribution < 1.29 is 4.79 Å². The Morgan fingerprint density at radius 1 is 0.857 bits per heavy atom. The van der Waals surface area contributed by atoms with E-state index in [0.29, 0.717) is 5.92 Å². The van der Waals surface area contributed by atoms with E-state index in [1.54, 1.807) is 0 Å². The Morgan fingerprint density at radius 3 is 1.91 bits per heavy atom. The molecule has 2 aromatic carbocycles. The number of rotatable bonds is 9. The van der Waals surface area contributed by atoms with Gasteiger partial charge >= 0.3 is 0 Å². The van der Waals surface area contributed by atoms with Gasteiger partial charge in [-0.2, -0.15) is 0 Å². The zero-order valence-corrected chi connectivity index (χ0v) is 21.9. The summed E-state index contributed by atoms with van der Waals surface area (Å²) in [6.07, 6.45) is 3.44. The molecule has 0 aromatic heterocycles. The average molecular weight is 477 g/mol. The number of likely N-dealkylation sites (tertiary alicyclic amines) is 1. The lowest BCUT2D eigenvalue weighted by atomic mass is 9.95. The Hall–Kier alpha value is -2.21. The fourth-order valence-corrected chi connectivity index (χ4v) is 5.57. The van der Waals surface area contributed by atoms with Gasteiger partial charge in [-0.15, -0.1) is 0 Å². The maximum absolute atomic E-state index is 13.8. The maximum Gasteiger partial charge on any atom is 0.239 e. The number of hydrogen-bond acceptors (Lipinski definition) is 4. The summed E-state index contributed by atoms with van der Waals surface area (Å²) in [4.78, 5) is 20.9. The van der Waals surface area contributed by atoms with Crippen LogP contribution >= 0.6 is 0 Å². The van der Waals surface area contributed by atoms with Gasteiger partial charge in [-0.1, -0.05) is 74.5 Å². The normalized spacial score (nSPS) is 19.4. The number of nitrogens with one attached hydrogen (secondary N) is 1. The first-order valence-corrected chi connectivity index (χ1v) is 13.5. The largest absolute Gasteiger partial charge is 0.339 e. The van der Waals surface area contributed by atoms with Crippen molar-refractivity contribution in [3.8, 4) is 0 Å². The van der Waals surface area contributed by atoms with Crippen molar-refractivity contribution in [3.05, 3.63) is 71.8 Å². The molecular formula is C30H44N4O. The highest BCUT2D eigenvalue weighted by molar-refractivity contribution is 5.82. The molecular weight excluding hydrogens is 432 g/mol. The summed E-state index contributed by atoms with van der Waals surface area (Å²) >= 11 is 0. The summed E-state index contributed by atoms with van der Waals surface area (Å²) in [6.45, 7) is 11.7. The molecule has 5 nitrogen and oxygen atoms in total. The fourth-order valence-electron chi connectivity index (χ4n) is 5.57. The third-order valence-corrected chi connectivity index (χ3v) is 7.68. The average Bonchev–Trinajstić information content (AvgIpc) is 2.89. The quantitative estimate of drug-likeness (QED) is 0.587. The number of carbonyl (C=O) groups excluding carboxylic acids is 1. The van der Waals surface area contributed by atoms with Crippen molar-refractivity contribution >= 4 is 5.91 Å². The van der Waals surface area contributed by atoms with E-state index in [2.05, 4.69) is 89.4 Å². The molecule has 0 saturated carbocycles. The Bertz CT molecular complexity index is 848. The van der Waals surface area contributed by atoms with Gasteiger partial charge in [0.05, 0.1) is 12.1 Å². The SMILES string of the molecule is CC(C)C[C@@H](NC(c1ccccc1)c1ccccc1)C(=O)N1CCN(CC2CCN(C)CC2)CC1. The van der Waals surface area contributed by atoms with Crippen molar-refractivity contribution in [2.75, 3.05) is 52.9 Å². The molecule has 2 saturated heterocycles. The van der Waals surface area contributed by atoms with Crippen LogP contribution in [0.25, 0.3) is 0 Å². The molecule has 0 bridgehead atoms. The molecule has 0 spiro atoms. The van der Waals surface area contributed by atoms with Crippen LogP contribution in [0.1, 0.15) is 50.3 Å². The highest BCUT2D eigenvalue weighted by atomic mass is 16.2. The van der Waals surface area contributed by atoms with Crippen LogP contribution in [0.3, 0.4) is 0 Å².